The minimum absolute atomic E-state index is 0.103. The second-order valence-corrected chi connectivity index (χ2v) is 4.57. The molecule has 1 aliphatic rings. The fourth-order valence-corrected chi connectivity index (χ4v) is 1.70. The lowest BCUT2D eigenvalue weighted by Gasteiger charge is -2.11. The van der Waals surface area contributed by atoms with Crippen LogP contribution in [0.2, 0.25) is 5.02 Å². The minimum atomic E-state index is -0.413. The van der Waals surface area contributed by atoms with E-state index in [0.29, 0.717) is 31.2 Å². The van der Waals surface area contributed by atoms with Crippen LogP contribution < -0.4 is 10.5 Å². The predicted octanol–water partition coefficient (Wildman–Crippen LogP) is 2.77. The third kappa shape index (κ3) is 2.86. The summed E-state index contributed by atoms with van der Waals surface area (Å²) in [4.78, 5) is 0. The highest BCUT2D eigenvalue weighted by Crippen LogP contribution is 2.32. The van der Waals surface area contributed by atoms with Crippen molar-refractivity contribution in [3.63, 3.8) is 0 Å². The van der Waals surface area contributed by atoms with Gasteiger partial charge in [0.15, 0.2) is 0 Å². The molecule has 16 heavy (non-hydrogen) atoms. The molecule has 0 spiro atoms. The van der Waals surface area contributed by atoms with Crippen LogP contribution in [0, 0.1) is 11.7 Å². The molecule has 1 aromatic carbocycles. The van der Waals surface area contributed by atoms with Crippen LogP contribution in [0.1, 0.15) is 18.4 Å². The topological polar surface area (TPSA) is 35.2 Å². The van der Waals surface area contributed by atoms with Crippen LogP contribution in [0.3, 0.4) is 0 Å². The summed E-state index contributed by atoms with van der Waals surface area (Å²) in [7, 11) is 0. The molecule has 0 unspecified atom stereocenters. The van der Waals surface area contributed by atoms with Gasteiger partial charge >= 0.3 is 0 Å². The average molecular weight is 244 g/mol. The van der Waals surface area contributed by atoms with Crippen LogP contribution in [0.25, 0.3) is 0 Å². The third-order valence-corrected chi connectivity index (χ3v) is 2.98. The maximum Gasteiger partial charge on any atom is 0.142 e. The smallest absolute Gasteiger partial charge is 0.142 e. The lowest BCUT2D eigenvalue weighted by molar-refractivity contribution is 0.296. The molecule has 88 valence electrons. The molecule has 0 aromatic heterocycles. The Bertz CT molecular complexity index is 380. The Morgan fingerprint density at radius 2 is 2.19 bits per heavy atom. The van der Waals surface area contributed by atoms with Gasteiger partial charge in [0, 0.05) is 6.07 Å². The molecule has 1 saturated carbocycles. The van der Waals surface area contributed by atoms with Gasteiger partial charge in [0.1, 0.15) is 11.6 Å². The van der Waals surface area contributed by atoms with E-state index in [9.17, 15) is 4.39 Å². The highest BCUT2D eigenvalue weighted by Gasteiger charge is 2.22. The van der Waals surface area contributed by atoms with E-state index in [1.165, 1.54) is 18.9 Å². The van der Waals surface area contributed by atoms with Crippen LogP contribution in [0.4, 0.5) is 4.39 Å². The SMILES string of the molecule is NCCc1cc(F)c(Cl)cc1OCC1CC1. The first-order valence-corrected chi connectivity index (χ1v) is 5.89. The van der Waals surface area contributed by atoms with Crippen LogP contribution >= 0.6 is 11.6 Å². The summed E-state index contributed by atoms with van der Waals surface area (Å²) in [6, 6.07) is 2.96. The molecule has 0 radical (unpaired) electrons. The Hall–Kier alpha value is -0.800. The van der Waals surface area contributed by atoms with Gasteiger partial charge in [-0.05, 0) is 43.4 Å². The van der Waals surface area contributed by atoms with E-state index >= 15 is 0 Å². The van der Waals surface area contributed by atoms with E-state index < -0.39 is 5.82 Å². The largest absolute Gasteiger partial charge is 0.493 e. The monoisotopic (exact) mass is 243 g/mol. The lowest BCUT2D eigenvalue weighted by Crippen LogP contribution is -2.07. The van der Waals surface area contributed by atoms with Gasteiger partial charge in [-0.2, -0.15) is 0 Å². The van der Waals surface area contributed by atoms with E-state index in [0.717, 1.165) is 5.56 Å². The summed E-state index contributed by atoms with van der Waals surface area (Å²) < 4.78 is 18.9. The molecule has 1 aliphatic carbocycles. The van der Waals surface area contributed by atoms with Crippen LogP contribution in [0.5, 0.6) is 5.75 Å². The van der Waals surface area contributed by atoms with E-state index in [1.54, 1.807) is 6.07 Å². The van der Waals surface area contributed by atoms with Crippen LogP contribution in [0.15, 0.2) is 12.1 Å². The molecule has 0 bridgehead atoms. The van der Waals surface area contributed by atoms with E-state index in [1.807, 2.05) is 0 Å². The molecule has 0 aliphatic heterocycles. The quantitative estimate of drug-likeness (QED) is 0.863. The maximum atomic E-state index is 13.3. The normalized spacial score (nSPS) is 15.2. The molecule has 0 heterocycles. The molecule has 1 aromatic rings. The second kappa shape index (κ2) is 5.02. The number of ether oxygens (including phenoxy) is 1. The zero-order valence-corrected chi connectivity index (χ0v) is 9.77. The van der Waals surface area contributed by atoms with Crippen molar-refractivity contribution in [1.29, 1.82) is 0 Å². The van der Waals surface area contributed by atoms with Gasteiger partial charge in [-0.15, -0.1) is 0 Å². The van der Waals surface area contributed by atoms with Gasteiger partial charge in [-0.1, -0.05) is 11.6 Å². The van der Waals surface area contributed by atoms with Gasteiger partial charge in [0.05, 0.1) is 11.6 Å². The minimum Gasteiger partial charge on any atom is -0.493 e. The molecule has 0 amide bonds. The molecule has 2 N–H and O–H groups in total. The molecule has 4 heteroatoms. The zero-order valence-electron chi connectivity index (χ0n) is 9.01. The van der Waals surface area contributed by atoms with Crippen LogP contribution in [-0.4, -0.2) is 13.2 Å². The standard InChI is InChI=1S/C12H15ClFNO/c13-10-6-12(16-7-8-1-2-8)9(3-4-15)5-11(10)14/h5-6,8H,1-4,7,15H2. The Balaban J connectivity index is 2.14. The summed E-state index contributed by atoms with van der Waals surface area (Å²) in [6.45, 7) is 1.17. The van der Waals surface area contributed by atoms with Gasteiger partial charge in [0.2, 0.25) is 0 Å². The highest BCUT2D eigenvalue weighted by molar-refractivity contribution is 6.30. The summed E-state index contributed by atoms with van der Waals surface area (Å²) in [6.07, 6.45) is 3.05. The van der Waals surface area contributed by atoms with Crippen molar-refractivity contribution < 1.29 is 9.13 Å². The van der Waals surface area contributed by atoms with Crippen molar-refractivity contribution in [1.82, 2.24) is 0 Å². The third-order valence-electron chi connectivity index (χ3n) is 2.69. The first-order valence-electron chi connectivity index (χ1n) is 5.51. The van der Waals surface area contributed by atoms with E-state index in [2.05, 4.69) is 0 Å². The van der Waals surface area contributed by atoms with E-state index in [-0.39, 0.29) is 5.02 Å². The van der Waals surface area contributed by atoms with Crippen LogP contribution in [-0.2, 0) is 6.42 Å². The zero-order chi connectivity index (χ0) is 11.5. The molecular weight excluding hydrogens is 229 g/mol. The van der Waals surface area contributed by atoms with Crippen molar-refractivity contribution in [2.45, 2.75) is 19.3 Å². The van der Waals surface area contributed by atoms with Gasteiger partial charge < -0.3 is 10.5 Å². The Morgan fingerprint density at radius 3 is 2.81 bits per heavy atom. The molecule has 0 saturated heterocycles. The summed E-state index contributed by atoms with van der Waals surface area (Å²) in [5.41, 5.74) is 6.27. The Kier molecular flexibility index (Phi) is 3.66. The molecular formula is C12H15ClFNO. The number of benzene rings is 1. The first kappa shape index (κ1) is 11.7. The van der Waals surface area contributed by atoms with Gasteiger partial charge in [-0.25, -0.2) is 4.39 Å². The Morgan fingerprint density at radius 1 is 1.44 bits per heavy atom. The van der Waals surface area contributed by atoms with E-state index in [4.69, 9.17) is 22.1 Å². The average Bonchev–Trinajstić information content (AvgIpc) is 3.05. The fourth-order valence-electron chi connectivity index (χ4n) is 1.55. The summed E-state index contributed by atoms with van der Waals surface area (Å²) in [5.74, 6) is 0.919. The van der Waals surface area contributed by atoms with Gasteiger partial charge in [-0.3, -0.25) is 0 Å². The molecule has 1 fully saturated rings. The Labute approximate surface area is 99.5 Å². The van der Waals surface area contributed by atoms with Crippen molar-refractivity contribution in [2.24, 2.45) is 11.7 Å². The number of hydrogen-bond acceptors (Lipinski definition) is 2. The number of rotatable bonds is 5. The van der Waals surface area contributed by atoms with Crippen molar-refractivity contribution in [3.8, 4) is 5.75 Å². The lowest BCUT2D eigenvalue weighted by atomic mass is 10.1. The second-order valence-electron chi connectivity index (χ2n) is 4.17. The predicted molar refractivity (Wildman–Crippen MR) is 62.4 cm³/mol. The van der Waals surface area contributed by atoms with Crippen molar-refractivity contribution in [3.05, 3.63) is 28.5 Å². The summed E-state index contributed by atoms with van der Waals surface area (Å²) >= 11 is 5.73. The van der Waals surface area contributed by atoms with Crippen molar-refractivity contribution in [2.75, 3.05) is 13.2 Å². The van der Waals surface area contributed by atoms with Gasteiger partial charge in [0.25, 0.3) is 0 Å². The number of hydrogen-bond donors (Lipinski definition) is 1. The maximum absolute atomic E-state index is 13.3. The number of halogens is 2. The number of nitrogens with two attached hydrogens (primary N) is 1. The summed E-state index contributed by atoms with van der Waals surface area (Å²) in [5, 5.41) is 0.103. The molecule has 2 rings (SSSR count). The highest BCUT2D eigenvalue weighted by atomic mass is 35.5. The molecule has 0 atom stereocenters. The van der Waals surface area contributed by atoms with Crippen molar-refractivity contribution >= 4 is 11.6 Å². The molecule has 2 nitrogen and oxygen atoms in total. The fraction of sp³-hybridized carbons (Fsp3) is 0.500. The first-order chi connectivity index (χ1) is 7.70.